The van der Waals surface area contributed by atoms with E-state index in [0.29, 0.717) is 19.8 Å². The van der Waals surface area contributed by atoms with E-state index in [1.54, 1.807) is 0 Å². The number of hydrogen-bond donors (Lipinski definition) is 0. The summed E-state index contributed by atoms with van der Waals surface area (Å²) in [5.41, 5.74) is 2.28. The second-order valence-electron chi connectivity index (χ2n) is 5.47. The average molecular weight is 333 g/mol. The fourth-order valence-electron chi connectivity index (χ4n) is 2.06. The molecule has 2 aromatic carbocycles. The van der Waals surface area contributed by atoms with E-state index in [1.165, 1.54) is 0 Å². The highest BCUT2D eigenvalue weighted by atomic mass is 19.1. The van der Waals surface area contributed by atoms with Gasteiger partial charge in [-0.1, -0.05) is 12.1 Å². The van der Waals surface area contributed by atoms with Crippen LogP contribution in [0.3, 0.4) is 0 Å². The smallest absolute Gasteiger partial charge is 0.120 e. The van der Waals surface area contributed by atoms with Crippen LogP contribution in [0.2, 0.25) is 0 Å². The minimum atomic E-state index is -0.468. The molecule has 24 heavy (non-hydrogen) atoms. The third-order valence-corrected chi connectivity index (χ3v) is 3.40. The SMILES string of the molecule is CN(C)c1ccc(COc2ccc(OCCOCCF)cc2)cc1. The van der Waals surface area contributed by atoms with Crippen molar-refractivity contribution in [3.8, 4) is 11.5 Å². The third-order valence-electron chi connectivity index (χ3n) is 3.40. The van der Waals surface area contributed by atoms with Gasteiger partial charge in [-0.05, 0) is 42.0 Å². The van der Waals surface area contributed by atoms with Gasteiger partial charge in [0.25, 0.3) is 0 Å². The molecule has 0 radical (unpaired) electrons. The zero-order valence-corrected chi connectivity index (χ0v) is 14.2. The molecular weight excluding hydrogens is 309 g/mol. The molecule has 0 aliphatic carbocycles. The number of nitrogens with zero attached hydrogens (tertiary/aromatic N) is 1. The molecule has 0 amide bonds. The lowest BCUT2D eigenvalue weighted by molar-refractivity contribution is 0.0897. The number of halogens is 1. The highest BCUT2D eigenvalue weighted by molar-refractivity contribution is 5.46. The lowest BCUT2D eigenvalue weighted by atomic mass is 10.2. The number of benzene rings is 2. The summed E-state index contributed by atoms with van der Waals surface area (Å²) in [6.45, 7) is 0.949. The van der Waals surface area contributed by atoms with Gasteiger partial charge in [-0.2, -0.15) is 0 Å². The van der Waals surface area contributed by atoms with Crippen molar-refractivity contribution in [1.29, 1.82) is 0 Å². The van der Waals surface area contributed by atoms with E-state index in [4.69, 9.17) is 14.2 Å². The predicted octanol–water partition coefficient (Wildman–Crippen LogP) is 3.70. The highest BCUT2D eigenvalue weighted by Gasteiger charge is 2.00. The number of hydrogen-bond acceptors (Lipinski definition) is 4. The van der Waals surface area contributed by atoms with Crippen LogP contribution in [0.25, 0.3) is 0 Å². The Hall–Kier alpha value is -2.27. The van der Waals surface area contributed by atoms with E-state index in [0.717, 1.165) is 22.7 Å². The van der Waals surface area contributed by atoms with Gasteiger partial charge >= 0.3 is 0 Å². The van der Waals surface area contributed by atoms with Gasteiger partial charge in [-0.25, -0.2) is 4.39 Å². The van der Waals surface area contributed by atoms with Crippen LogP contribution < -0.4 is 14.4 Å². The van der Waals surface area contributed by atoms with E-state index in [-0.39, 0.29) is 6.61 Å². The van der Waals surface area contributed by atoms with E-state index < -0.39 is 6.67 Å². The lowest BCUT2D eigenvalue weighted by Gasteiger charge is -2.13. The summed E-state index contributed by atoms with van der Waals surface area (Å²) in [6.07, 6.45) is 0. The summed E-state index contributed by atoms with van der Waals surface area (Å²) < 4.78 is 28.1. The Balaban J connectivity index is 1.75. The van der Waals surface area contributed by atoms with Gasteiger partial charge in [0.2, 0.25) is 0 Å². The molecule has 0 atom stereocenters. The quantitative estimate of drug-likeness (QED) is 0.621. The Kier molecular flexibility index (Phi) is 7.36. The van der Waals surface area contributed by atoms with E-state index in [2.05, 4.69) is 29.2 Å². The molecule has 0 aliphatic rings. The normalized spacial score (nSPS) is 10.5. The predicted molar refractivity (Wildman–Crippen MR) is 93.8 cm³/mol. The average Bonchev–Trinajstić information content (AvgIpc) is 2.61. The molecule has 130 valence electrons. The molecule has 0 aliphatic heterocycles. The number of rotatable bonds is 10. The van der Waals surface area contributed by atoms with Crippen molar-refractivity contribution in [3.63, 3.8) is 0 Å². The summed E-state index contributed by atoms with van der Waals surface area (Å²) in [4.78, 5) is 2.06. The molecule has 4 nitrogen and oxygen atoms in total. The number of alkyl halides is 1. The van der Waals surface area contributed by atoms with Crippen LogP contribution in [0.1, 0.15) is 5.56 Å². The molecule has 0 saturated heterocycles. The Labute approximate surface area is 142 Å². The van der Waals surface area contributed by atoms with Gasteiger partial charge in [0.1, 0.15) is 31.4 Å². The van der Waals surface area contributed by atoms with E-state index >= 15 is 0 Å². The van der Waals surface area contributed by atoms with Crippen molar-refractivity contribution in [3.05, 3.63) is 54.1 Å². The maximum Gasteiger partial charge on any atom is 0.120 e. The Morgan fingerprint density at radius 2 is 1.42 bits per heavy atom. The molecule has 2 rings (SSSR count). The van der Waals surface area contributed by atoms with Crippen molar-refractivity contribution in [2.24, 2.45) is 0 Å². The molecule has 0 unspecified atom stereocenters. The minimum Gasteiger partial charge on any atom is -0.491 e. The molecule has 0 fully saturated rings. The summed E-state index contributed by atoms with van der Waals surface area (Å²) in [6, 6.07) is 15.7. The van der Waals surface area contributed by atoms with Gasteiger partial charge in [0, 0.05) is 19.8 Å². The first-order valence-electron chi connectivity index (χ1n) is 7.94. The van der Waals surface area contributed by atoms with E-state index in [1.807, 2.05) is 38.4 Å². The molecule has 0 bridgehead atoms. The summed E-state index contributed by atoms with van der Waals surface area (Å²) in [5.74, 6) is 1.52. The van der Waals surface area contributed by atoms with Crippen LogP contribution in [0.5, 0.6) is 11.5 Å². The molecule has 0 spiro atoms. The van der Waals surface area contributed by atoms with Crippen molar-refractivity contribution in [2.75, 3.05) is 45.5 Å². The van der Waals surface area contributed by atoms with Gasteiger partial charge in [-0.3, -0.25) is 0 Å². The van der Waals surface area contributed by atoms with Crippen LogP contribution >= 0.6 is 0 Å². The minimum absolute atomic E-state index is 0.117. The zero-order valence-electron chi connectivity index (χ0n) is 14.2. The second kappa shape index (κ2) is 9.78. The van der Waals surface area contributed by atoms with Crippen LogP contribution in [0.15, 0.2) is 48.5 Å². The maximum atomic E-state index is 11.9. The lowest BCUT2D eigenvalue weighted by Crippen LogP contribution is -2.08. The third kappa shape index (κ3) is 6.08. The topological polar surface area (TPSA) is 30.9 Å². The number of ether oxygens (including phenoxy) is 3. The maximum absolute atomic E-state index is 11.9. The fourth-order valence-corrected chi connectivity index (χ4v) is 2.06. The molecule has 2 aromatic rings. The Morgan fingerprint density at radius 3 is 2.00 bits per heavy atom. The van der Waals surface area contributed by atoms with Crippen molar-refractivity contribution in [1.82, 2.24) is 0 Å². The van der Waals surface area contributed by atoms with Crippen molar-refractivity contribution >= 4 is 5.69 Å². The van der Waals surface area contributed by atoms with Crippen LogP contribution in [0.4, 0.5) is 10.1 Å². The Morgan fingerprint density at radius 1 is 0.792 bits per heavy atom. The molecule has 0 heterocycles. The monoisotopic (exact) mass is 333 g/mol. The second-order valence-corrected chi connectivity index (χ2v) is 5.47. The van der Waals surface area contributed by atoms with Crippen LogP contribution in [-0.2, 0) is 11.3 Å². The van der Waals surface area contributed by atoms with Gasteiger partial charge < -0.3 is 19.1 Å². The summed E-state index contributed by atoms with van der Waals surface area (Å²) in [5, 5.41) is 0. The molecule has 5 heteroatoms. The molecule has 0 aromatic heterocycles. The fraction of sp³-hybridized carbons (Fsp3) is 0.368. The van der Waals surface area contributed by atoms with Gasteiger partial charge in [0.15, 0.2) is 0 Å². The summed E-state index contributed by atoms with van der Waals surface area (Å²) >= 11 is 0. The molecule has 0 N–H and O–H groups in total. The molecular formula is C19H24FNO3. The molecule has 0 saturated carbocycles. The number of anilines is 1. The highest BCUT2D eigenvalue weighted by Crippen LogP contribution is 2.19. The standard InChI is InChI=1S/C19H24FNO3/c1-21(2)17-5-3-16(4-6-17)15-24-19-9-7-18(8-10-19)23-14-13-22-12-11-20/h3-10H,11-15H2,1-2H3. The van der Waals surface area contributed by atoms with Crippen molar-refractivity contribution in [2.45, 2.75) is 6.61 Å². The van der Waals surface area contributed by atoms with Crippen molar-refractivity contribution < 1.29 is 18.6 Å². The van der Waals surface area contributed by atoms with Crippen LogP contribution in [0, 0.1) is 0 Å². The van der Waals surface area contributed by atoms with Gasteiger partial charge in [-0.15, -0.1) is 0 Å². The largest absolute Gasteiger partial charge is 0.491 e. The zero-order chi connectivity index (χ0) is 17.2. The summed E-state index contributed by atoms with van der Waals surface area (Å²) in [7, 11) is 4.03. The first-order valence-corrected chi connectivity index (χ1v) is 7.94. The van der Waals surface area contributed by atoms with E-state index in [9.17, 15) is 4.39 Å². The Bertz CT molecular complexity index is 585. The van der Waals surface area contributed by atoms with Crippen LogP contribution in [-0.4, -0.2) is 40.6 Å². The van der Waals surface area contributed by atoms with Gasteiger partial charge in [0.05, 0.1) is 13.2 Å². The first kappa shape index (κ1) is 18.1. The first-order chi connectivity index (χ1) is 11.7.